The maximum absolute atomic E-state index is 12.8. The molecule has 0 aromatic heterocycles. The highest BCUT2D eigenvalue weighted by molar-refractivity contribution is 7.91. The van der Waals surface area contributed by atoms with Crippen LogP contribution in [0.2, 0.25) is 0 Å². The molecule has 2 aromatic carbocycles. The van der Waals surface area contributed by atoms with Gasteiger partial charge in [0.2, 0.25) is 0 Å². The summed E-state index contributed by atoms with van der Waals surface area (Å²) in [5.74, 6) is -1.40. The van der Waals surface area contributed by atoms with Crippen LogP contribution in [-0.4, -0.2) is 42.7 Å². The molecule has 31 heavy (non-hydrogen) atoms. The quantitative estimate of drug-likeness (QED) is 0.398. The molecule has 0 radical (unpaired) electrons. The Labute approximate surface area is 179 Å². The monoisotopic (exact) mass is 443 g/mol. The molecular weight excluding hydrogens is 422 g/mol. The second-order valence-corrected chi connectivity index (χ2v) is 9.53. The van der Waals surface area contributed by atoms with Crippen molar-refractivity contribution in [2.45, 2.75) is 19.4 Å². The number of nitrogens with zero attached hydrogens (tertiary/aromatic N) is 1. The van der Waals surface area contributed by atoms with E-state index < -0.39 is 32.6 Å². The van der Waals surface area contributed by atoms with E-state index in [4.69, 9.17) is 0 Å². The fraction of sp³-hybridized carbons (Fsp3) is 0.238. The minimum absolute atomic E-state index is 0.0163. The molecule has 0 saturated carbocycles. The molecule has 1 aliphatic rings. The topological polar surface area (TPSA) is 135 Å². The zero-order valence-electron chi connectivity index (χ0n) is 16.7. The van der Waals surface area contributed by atoms with Crippen molar-refractivity contribution in [2.75, 3.05) is 11.5 Å². The lowest BCUT2D eigenvalue weighted by molar-refractivity contribution is -0.384. The van der Waals surface area contributed by atoms with Crippen molar-refractivity contribution in [3.63, 3.8) is 0 Å². The number of hydrogen-bond donors (Lipinski definition) is 2. The van der Waals surface area contributed by atoms with Gasteiger partial charge in [0.1, 0.15) is 5.70 Å². The van der Waals surface area contributed by atoms with Crippen molar-refractivity contribution in [1.82, 2.24) is 10.6 Å². The molecule has 1 atom stereocenters. The van der Waals surface area contributed by atoms with Crippen LogP contribution in [0.3, 0.4) is 0 Å². The summed E-state index contributed by atoms with van der Waals surface area (Å²) < 4.78 is 23.4. The number of hydrogen-bond acceptors (Lipinski definition) is 6. The van der Waals surface area contributed by atoms with Gasteiger partial charge >= 0.3 is 0 Å². The number of rotatable bonds is 6. The predicted molar refractivity (Wildman–Crippen MR) is 115 cm³/mol. The molecule has 1 aliphatic heterocycles. The first-order valence-electron chi connectivity index (χ1n) is 9.48. The molecule has 0 unspecified atom stereocenters. The Morgan fingerprint density at radius 2 is 1.87 bits per heavy atom. The Balaban J connectivity index is 1.88. The van der Waals surface area contributed by atoms with E-state index in [9.17, 15) is 28.1 Å². The summed E-state index contributed by atoms with van der Waals surface area (Å²) in [5.41, 5.74) is 1.31. The van der Waals surface area contributed by atoms with Crippen LogP contribution < -0.4 is 10.6 Å². The zero-order chi connectivity index (χ0) is 22.6. The largest absolute Gasteiger partial charge is 0.347 e. The third kappa shape index (κ3) is 5.98. The number of amides is 2. The van der Waals surface area contributed by atoms with Crippen LogP contribution in [0.4, 0.5) is 5.69 Å². The fourth-order valence-electron chi connectivity index (χ4n) is 3.12. The van der Waals surface area contributed by atoms with Gasteiger partial charge in [-0.15, -0.1) is 0 Å². The van der Waals surface area contributed by atoms with E-state index in [1.54, 1.807) is 30.3 Å². The summed E-state index contributed by atoms with van der Waals surface area (Å²) in [6.45, 7) is 1.87. The maximum atomic E-state index is 12.8. The second kappa shape index (κ2) is 9.09. The Hall–Kier alpha value is -3.53. The summed E-state index contributed by atoms with van der Waals surface area (Å²) in [6, 6.07) is 11.8. The molecule has 0 bridgehead atoms. The summed E-state index contributed by atoms with van der Waals surface area (Å²) >= 11 is 0. The van der Waals surface area contributed by atoms with Gasteiger partial charge in [0.05, 0.1) is 16.4 Å². The van der Waals surface area contributed by atoms with E-state index in [0.717, 1.165) is 5.56 Å². The van der Waals surface area contributed by atoms with Crippen LogP contribution in [0.15, 0.2) is 54.2 Å². The molecule has 9 nitrogen and oxygen atoms in total. The lowest BCUT2D eigenvalue weighted by Crippen LogP contribution is -2.41. The number of nitrogens with one attached hydrogen (secondary N) is 2. The average Bonchev–Trinajstić information content (AvgIpc) is 3.06. The van der Waals surface area contributed by atoms with Crippen LogP contribution >= 0.6 is 0 Å². The van der Waals surface area contributed by atoms with Crippen LogP contribution in [0.1, 0.15) is 27.9 Å². The van der Waals surface area contributed by atoms with E-state index in [0.29, 0.717) is 11.1 Å². The molecule has 2 aromatic rings. The van der Waals surface area contributed by atoms with Crippen LogP contribution in [0.5, 0.6) is 0 Å². The third-order valence-corrected chi connectivity index (χ3v) is 6.53. The van der Waals surface area contributed by atoms with Gasteiger partial charge in [-0.2, -0.15) is 0 Å². The van der Waals surface area contributed by atoms with Gasteiger partial charge in [-0.25, -0.2) is 8.42 Å². The van der Waals surface area contributed by atoms with Crippen molar-refractivity contribution >= 4 is 33.4 Å². The molecule has 162 valence electrons. The van der Waals surface area contributed by atoms with Crippen LogP contribution in [0, 0.1) is 17.0 Å². The molecular formula is C21H21N3O6S. The van der Waals surface area contributed by atoms with Crippen molar-refractivity contribution in [3.8, 4) is 0 Å². The number of nitro groups is 1. The van der Waals surface area contributed by atoms with E-state index in [1.165, 1.54) is 24.3 Å². The van der Waals surface area contributed by atoms with E-state index in [2.05, 4.69) is 10.6 Å². The lowest BCUT2D eigenvalue weighted by Gasteiger charge is -2.14. The molecule has 3 rings (SSSR count). The third-order valence-electron chi connectivity index (χ3n) is 4.77. The summed E-state index contributed by atoms with van der Waals surface area (Å²) in [5, 5.41) is 16.2. The second-order valence-electron chi connectivity index (χ2n) is 7.30. The number of carbonyl (C=O) groups excluding carboxylic acids is 2. The normalized spacial score (nSPS) is 17.7. The molecule has 1 fully saturated rings. The number of sulfone groups is 1. The van der Waals surface area contributed by atoms with Gasteiger partial charge in [-0.05, 0) is 37.1 Å². The molecule has 1 heterocycles. The Bertz CT molecular complexity index is 1160. The smallest absolute Gasteiger partial charge is 0.270 e. The zero-order valence-corrected chi connectivity index (χ0v) is 17.5. The summed E-state index contributed by atoms with van der Waals surface area (Å²) in [6.07, 6.45) is 1.60. The summed E-state index contributed by atoms with van der Waals surface area (Å²) in [7, 11) is -3.21. The van der Waals surface area contributed by atoms with Gasteiger partial charge in [0.25, 0.3) is 17.5 Å². The molecule has 0 spiro atoms. The lowest BCUT2D eigenvalue weighted by atomic mass is 10.1. The predicted octanol–water partition coefficient (Wildman–Crippen LogP) is 1.98. The highest BCUT2D eigenvalue weighted by atomic mass is 32.2. The van der Waals surface area contributed by atoms with E-state index in [1.807, 2.05) is 6.92 Å². The SMILES string of the molecule is Cc1ccc(C(=O)N/C(=C\c2cccc([N+](=O)[O-])c2)C(=O)N[C@@H]2CCS(=O)(=O)C2)cc1. The molecule has 10 heteroatoms. The molecule has 1 saturated heterocycles. The first-order valence-corrected chi connectivity index (χ1v) is 11.3. The first kappa shape index (κ1) is 22.2. The standard InChI is InChI=1S/C21H21N3O6S/c1-14-5-7-16(8-6-14)20(25)23-19(12-15-3-2-4-18(11-15)24(27)28)21(26)22-17-9-10-31(29,30)13-17/h2-8,11-12,17H,9-10,13H2,1H3,(H,22,26)(H,23,25)/b19-12-/t17-/m1/s1. The fourth-order valence-corrected chi connectivity index (χ4v) is 4.80. The van der Waals surface area contributed by atoms with Crippen molar-refractivity contribution in [3.05, 3.63) is 81.0 Å². The number of benzene rings is 2. The van der Waals surface area contributed by atoms with Crippen molar-refractivity contribution < 1.29 is 22.9 Å². The van der Waals surface area contributed by atoms with Gasteiger partial charge in [0, 0.05) is 23.7 Å². The van der Waals surface area contributed by atoms with Gasteiger partial charge < -0.3 is 10.6 Å². The number of aryl methyl sites for hydroxylation is 1. The van der Waals surface area contributed by atoms with Gasteiger partial charge in [-0.1, -0.05) is 29.8 Å². The Kier molecular flexibility index (Phi) is 6.50. The van der Waals surface area contributed by atoms with Gasteiger partial charge in [-0.3, -0.25) is 19.7 Å². The Morgan fingerprint density at radius 3 is 2.48 bits per heavy atom. The molecule has 2 amide bonds. The molecule has 0 aliphatic carbocycles. The number of nitro benzene ring substituents is 1. The van der Waals surface area contributed by atoms with Gasteiger partial charge in [0.15, 0.2) is 9.84 Å². The van der Waals surface area contributed by atoms with Crippen molar-refractivity contribution in [1.29, 1.82) is 0 Å². The highest BCUT2D eigenvalue weighted by Crippen LogP contribution is 2.17. The number of carbonyl (C=O) groups is 2. The van der Waals surface area contributed by atoms with Crippen LogP contribution in [-0.2, 0) is 14.6 Å². The van der Waals surface area contributed by atoms with E-state index in [-0.39, 0.29) is 29.3 Å². The minimum Gasteiger partial charge on any atom is -0.347 e. The number of non-ortho nitro benzene ring substituents is 1. The summed E-state index contributed by atoms with van der Waals surface area (Å²) in [4.78, 5) is 35.9. The molecule has 2 N–H and O–H groups in total. The first-order chi connectivity index (χ1) is 14.6. The minimum atomic E-state index is -3.21. The Morgan fingerprint density at radius 1 is 1.16 bits per heavy atom. The highest BCUT2D eigenvalue weighted by Gasteiger charge is 2.30. The van der Waals surface area contributed by atoms with Crippen molar-refractivity contribution in [2.24, 2.45) is 0 Å². The van der Waals surface area contributed by atoms with E-state index >= 15 is 0 Å². The maximum Gasteiger partial charge on any atom is 0.270 e. The average molecular weight is 443 g/mol. The van der Waals surface area contributed by atoms with Crippen LogP contribution in [0.25, 0.3) is 6.08 Å².